The molecule has 1 aromatic carbocycles. The van der Waals surface area contributed by atoms with Crippen LogP contribution in [0.25, 0.3) is 0 Å². The van der Waals surface area contributed by atoms with Crippen molar-refractivity contribution in [2.24, 2.45) is 14.1 Å². The number of sulfonamides is 1. The molecule has 1 aliphatic rings. The summed E-state index contributed by atoms with van der Waals surface area (Å²) in [6, 6.07) is 3.67. The van der Waals surface area contributed by atoms with Gasteiger partial charge in [0.2, 0.25) is 15.8 Å². The lowest BCUT2D eigenvalue weighted by molar-refractivity contribution is 0.0474. The van der Waals surface area contributed by atoms with Crippen LogP contribution in [0.15, 0.2) is 32.7 Å². The highest BCUT2D eigenvalue weighted by atomic mass is 32.2. The van der Waals surface area contributed by atoms with E-state index in [0.29, 0.717) is 4.57 Å². The zero-order valence-electron chi connectivity index (χ0n) is 18.8. The van der Waals surface area contributed by atoms with Crippen LogP contribution in [0, 0.1) is 0 Å². The number of morpholine rings is 1. The molecule has 0 spiro atoms. The lowest BCUT2D eigenvalue weighted by Gasteiger charge is -2.26. The first kappa shape index (κ1) is 25.1. The van der Waals surface area contributed by atoms with Gasteiger partial charge in [-0.15, -0.1) is 0 Å². The number of carbonyl (C=O) groups excluding carboxylic acids is 2. The molecular weight excluding hydrogens is 472 g/mol. The van der Waals surface area contributed by atoms with E-state index >= 15 is 0 Å². The van der Waals surface area contributed by atoms with Gasteiger partial charge in [-0.1, -0.05) is 0 Å². The van der Waals surface area contributed by atoms with Gasteiger partial charge in [-0.25, -0.2) is 18.0 Å². The van der Waals surface area contributed by atoms with Crippen molar-refractivity contribution in [2.75, 3.05) is 45.8 Å². The molecule has 184 valence electrons. The monoisotopic (exact) mass is 496 g/mol. The third kappa shape index (κ3) is 4.60. The predicted octanol–water partition coefficient (Wildman–Crippen LogP) is -1.26. The van der Waals surface area contributed by atoms with E-state index in [9.17, 15) is 27.6 Å². The van der Waals surface area contributed by atoms with E-state index in [2.05, 4.69) is 0 Å². The summed E-state index contributed by atoms with van der Waals surface area (Å²) < 4.78 is 44.3. The Morgan fingerprint density at radius 3 is 2.38 bits per heavy atom. The summed E-state index contributed by atoms with van der Waals surface area (Å²) in [6.45, 7) is -0.0958. The van der Waals surface area contributed by atoms with Crippen LogP contribution in [0.3, 0.4) is 0 Å². The number of benzene rings is 1. The normalized spacial score (nSPS) is 14.6. The number of esters is 1. The molecule has 0 unspecified atom stereocenters. The van der Waals surface area contributed by atoms with Crippen molar-refractivity contribution in [1.82, 2.24) is 13.4 Å². The smallest absolute Gasteiger partial charge is 0.338 e. The molecule has 2 N–H and O–H groups in total. The minimum absolute atomic E-state index is 0.0283. The van der Waals surface area contributed by atoms with Crippen molar-refractivity contribution in [3.05, 3.63) is 50.2 Å². The molecule has 0 atom stereocenters. The third-order valence-electron chi connectivity index (χ3n) is 5.31. The molecule has 0 bridgehead atoms. The highest BCUT2D eigenvalue weighted by molar-refractivity contribution is 7.89. The number of methoxy groups -OCH3 is 1. The minimum Gasteiger partial charge on any atom is -0.495 e. The van der Waals surface area contributed by atoms with Gasteiger partial charge >= 0.3 is 11.7 Å². The molecule has 2 heterocycles. The largest absolute Gasteiger partial charge is 0.495 e. The molecule has 34 heavy (non-hydrogen) atoms. The van der Waals surface area contributed by atoms with E-state index in [1.807, 2.05) is 0 Å². The van der Waals surface area contributed by atoms with Crippen molar-refractivity contribution in [3.63, 3.8) is 0 Å². The van der Waals surface area contributed by atoms with Crippen molar-refractivity contribution in [1.29, 1.82) is 0 Å². The fraction of sp³-hybridized carbons (Fsp3) is 0.400. The lowest BCUT2D eigenvalue weighted by Crippen LogP contribution is -2.42. The van der Waals surface area contributed by atoms with Crippen molar-refractivity contribution >= 4 is 27.6 Å². The van der Waals surface area contributed by atoms with Gasteiger partial charge < -0.3 is 19.9 Å². The number of anilines is 1. The van der Waals surface area contributed by atoms with Crippen LogP contribution in [0.4, 0.5) is 5.82 Å². The van der Waals surface area contributed by atoms with E-state index in [4.69, 9.17) is 19.9 Å². The lowest BCUT2D eigenvalue weighted by atomic mass is 10.2. The van der Waals surface area contributed by atoms with Crippen LogP contribution in [-0.4, -0.2) is 73.6 Å². The Labute approximate surface area is 194 Å². The number of rotatable bonds is 7. The maximum Gasteiger partial charge on any atom is 0.338 e. The van der Waals surface area contributed by atoms with Crippen molar-refractivity contribution in [3.8, 4) is 5.75 Å². The van der Waals surface area contributed by atoms with Crippen LogP contribution in [0.1, 0.15) is 20.7 Å². The van der Waals surface area contributed by atoms with Crippen LogP contribution < -0.4 is 21.7 Å². The second kappa shape index (κ2) is 9.79. The first-order valence-corrected chi connectivity index (χ1v) is 11.5. The van der Waals surface area contributed by atoms with Gasteiger partial charge in [0.1, 0.15) is 22.0 Å². The standard InChI is InChI=1S/C20H24N4O9S/c1-22-17(21)16(18(26)23(2)20(22)28)13(25)11-33-19(27)12-4-5-14(31-3)15(10-12)34(29,30)24-6-8-32-9-7-24/h4-5,10H,6-9,11,21H2,1-3H3. The van der Waals surface area contributed by atoms with Gasteiger partial charge in [0.05, 0.1) is 25.9 Å². The highest BCUT2D eigenvalue weighted by Gasteiger charge is 2.30. The number of nitrogens with zero attached hydrogens (tertiary/aromatic N) is 3. The number of nitrogens with two attached hydrogens (primary N) is 1. The molecule has 0 amide bonds. The second-order valence-electron chi connectivity index (χ2n) is 7.35. The van der Waals surface area contributed by atoms with Gasteiger partial charge in [0.15, 0.2) is 6.61 Å². The zero-order chi connectivity index (χ0) is 25.2. The fourth-order valence-electron chi connectivity index (χ4n) is 3.34. The summed E-state index contributed by atoms with van der Waals surface area (Å²) in [4.78, 5) is 49.1. The molecule has 1 fully saturated rings. The van der Waals surface area contributed by atoms with Crippen LogP contribution >= 0.6 is 0 Å². The minimum atomic E-state index is -4.00. The van der Waals surface area contributed by atoms with Crippen LogP contribution in [0.2, 0.25) is 0 Å². The Morgan fingerprint density at radius 1 is 1.12 bits per heavy atom. The fourth-order valence-corrected chi connectivity index (χ4v) is 4.93. The molecule has 0 saturated carbocycles. The average Bonchev–Trinajstić information content (AvgIpc) is 2.85. The molecular formula is C20H24N4O9S. The predicted molar refractivity (Wildman–Crippen MR) is 119 cm³/mol. The summed E-state index contributed by atoms with van der Waals surface area (Å²) >= 11 is 0. The molecule has 3 rings (SSSR count). The van der Waals surface area contributed by atoms with E-state index in [1.165, 1.54) is 37.6 Å². The molecule has 1 aromatic heterocycles. The van der Waals surface area contributed by atoms with E-state index < -0.39 is 45.2 Å². The van der Waals surface area contributed by atoms with Gasteiger partial charge in [0, 0.05) is 27.2 Å². The third-order valence-corrected chi connectivity index (χ3v) is 7.23. The van der Waals surface area contributed by atoms with Gasteiger partial charge in [-0.05, 0) is 18.2 Å². The van der Waals surface area contributed by atoms with E-state index in [0.717, 1.165) is 10.6 Å². The number of hydrogen-bond acceptors (Lipinski definition) is 10. The maximum atomic E-state index is 13.1. The Balaban J connectivity index is 1.85. The number of nitrogen functional groups attached to an aromatic ring is 1. The Bertz CT molecular complexity index is 1360. The SMILES string of the molecule is COc1ccc(C(=O)OCC(=O)c2c(N)n(C)c(=O)n(C)c2=O)cc1S(=O)(=O)N1CCOCC1. The average molecular weight is 496 g/mol. The van der Waals surface area contributed by atoms with Crippen LogP contribution in [-0.2, 0) is 33.6 Å². The summed E-state index contributed by atoms with van der Waals surface area (Å²) in [5.74, 6) is -2.26. The Hall–Kier alpha value is -3.49. The van der Waals surface area contributed by atoms with Crippen LogP contribution in [0.5, 0.6) is 5.75 Å². The van der Waals surface area contributed by atoms with Crippen molar-refractivity contribution < 1.29 is 32.2 Å². The van der Waals surface area contributed by atoms with E-state index in [1.54, 1.807) is 0 Å². The summed E-state index contributed by atoms with van der Waals surface area (Å²) in [7, 11) is -0.239. The molecule has 13 nitrogen and oxygen atoms in total. The topological polar surface area (TPSA) is 169 Å². The molecule has 2 aromatic rings. The van der Waals surface area contributed by atoms with E-state index in [-0.39, 0.29) is 48.3 Å². The molecule has 0 aliphatic carbocycles. The van der Waals surface area contributed by atoms with Gasteiger partial charge in [-0.2, -0.15) is 4.31 Å². The van der Waals surface area contributed by atoms with Gasteiger partial charge in [0.25, 0.3) is 5.56 Å². The number of hydrogen-bond donors (Lipinski definition) is 1. The highest BCUT2D eigenvalue weighted by Crippen LogP contribution is 2.28. The second-order valence-corrected chi connectivity index (χ2v) is 9.25. The molecule has 14 heteroatoms. The number of carbonyl (C=O) groups is 2. The Morgan fingerprint density at radius 2 is 1.76 bits per heavy atom. The number of aromatic nitrogens is 2. The first-order chi connectivity index (χ1) is 16.0. The molecule has 0 radical (unpaired) electrons. The number of ketones is 1. The van der Waals surface area contributed by atoms with Crippen molar-refractivity contribution in [2.45, 2.75) is 4.90 Å². The molecule has 1 saturated heterocycles. The number of Topliss-reactive ketones (excluding diaryl/α,β-unsaturated/α-hetero) is 1. The Kier molecular flexibility index (Phi) is 7.24. The zero-order valence-corrected chi connectivity index (χ0v) is 19.6. The summed E-state index contributed by atoms with van der Waals surface area (Å²) in [5, 5.41) is 0. The maximum absolute atomic E-state index is 13.1. The number of ether oxygens (including phenoxy) is 3. The first-order valence-electron chi connectivity index (χ1n) is 10.0. The molecule has 1 aliphatic heterocycles. The quantitative estimate of drug-likeness (QED) is 0.360. The van der Waals surface area contributed by atoms with Gasteiger partial charge in [-0.3, -0.25) is 18.7 Å². The summed E-state index contributed by atoms with van der Waals surface area (Å²) in [5.41, 5.74) is 3.44. The summed E-state index contributed by atoms with van der Waals surface area (Å²) in [6.07, 6.45) is 0.